The van der Waals surface area contributed by atoms with E-state index >= 15 is 0 Å². The fraction of sp³-hybridized carbons (Fsp3) is 0.483. The highest BCUT2D eigenvalue weighted by Gasteiger charge is 2.28. The van der Waals surface area contributed by atoms with Gasteiger partial charge in [-0.15, -0.1) is 0 Å². The normalized spacial score (nSPS) is 22.6. The molecule has 210 valence electrons. The quantitative estimate of drug-likeness (QED) is 0.199. The Balaban J connectivity index is 1.06. The molecule has 6 N–H and O–H groups in total. The molecule has 2 saturated carbocycles. The van der Waals surface area contributed by atoms with Crippen LogP contribution in [0.4, 0.5) is 21.0 Å². The van der Waals surface area contributed by atoms with E-state index in [-0.39, 0.29) is 24.1 Å². The van der Waals surface area contributed by atoms with E-state index in [1.807, 2.05) is 30.3 Å². The Bertz CT molecular complexity index is 1060. The minimum Gasteiger partial charge on any atom is -0.465 e. The molecule has 0 aromatic heterocycles. The van der Waals surface area contributed by atoms with Crippen LogP contribution in [0.25, 0.3) is 0 Å². The number of esters is 1. The Morgan fingerprint density at radius 1 is 0.667 bits per heavy atom. The topological polar surface area (TPSA) is 133 Å². The number of ether oxygens (including phenoxy) is 1. The summed E-state index contributed by atoms with van der Waals surface area (Å²) >= 11 is 0. The molecule has 0 aliphatic heterocycles. The summed E-state index contributed by atoms with van der Waals surface area (Å²) in [6, 6.07) is 16.2. The van der Waals surface area contributed by atoms with Gasteiger partial charge in [0.2, 0.25) is 0 Å². The molecule has 0 saturated heterocycles. The number of carbonyl (C=O) groups excluding carboxylic acids is 3. The van der Waals surface area contributed by atoms with E-state index in [0.29, 0.717) is 23.1 Å². The first-order valence-electron chi connectivity index (χ1n) is 13.9. The molecular formula is C29H40N6O4. The van der Waals surface area contributed by atoms with Crippen molar-refractivity contribution in [3.05, 3.63) is 60.2 Å². The van der Waals surface area contributed by atoms with Gasteiger partial charge in [0.15, 0.2) is 0 Å². The molecule has 2 fully saturated rings. The number of nitrogens with one attached hydrogen (secondary N) is 6. The molecule has 0 heterocycles. The van der Waals surface area contributed by atoms with Gasteiger partial charge < -0.3 is 15.4 Å². The SMILES string of the molecule is COC(=O)c1ccc(NNC(=O)NC2CCC(CC3CCC(NC(=O)NNc4ccccc4)CC3)CC2)cc1. The van der Waals surface area contributed by atoms with Gasteiger partial charge in [-0.05, 0) is 106 Å². The third-order valence-electron chi connectivity index (χ3n) is 7.75. The second-order valence-corrected chi connectivity index (χ2v) is 10.6. The van der Waals surface area contributed by atoms with Crippen LogP contribution in [0.5, 0.6) is 0 Å². The zero-order valence-corrected chi connectivity index (χ0v) is 22.5. The summed E-state index contributed by atoms with van der Waals surface area (Å²) in [7, 11) is 1.34. The highest BCUT2D eigenvalue weighted by Crippen LogP contribution is 2.35. The average molecular weight is 537 g/mol. The first kappa shape index (κ1) is 28.1. The maximum atomic E-state index is 12.3. The summed E-state index contributed by atoms with van der Waals surface area (Å²) < 4.78 is 4.69. The van der Waals surface area contributed by atoms with E-state index in [2.05, 4.69) is 37.1 Å². The number of carbonyl (C=O) groups is 3. The number of benzene rings is 2. The standard InChI is InChI=1S/C29H40N6O4/c1-39-27(36)22-11-17-26(18-12-22)33-35-29(38)31-24-15-9-21(10-16-24)19-20-7-13-23(14-8-20)30-28(37)34-32-25-5-3-2-4-6-25/h2-6,11-12,17-18,20-21,23-24,32-33H,7-10,13-16,19H2,1H3,(H2,30,34,37)(H2,31,35,38). The maximum Gasteiger partial charge on any atom is 0.337 e. The van der Waals surface area contributed by atoms with Crippen LogP contribution in [0.15, 0.2) is 54.6 Å². The van der Waals surface area contributed by atoms with Crippen molar-refractivity contribution in [3.8, 4) is 0 Å². The molecule has 2 aliphatic rings. The molecule has 2 aromatic rings. The maximum absolute atomic E-state index is 12.3. The molecule has 0 bridgehead atoms. The molecule has 10 heteroatoms. The summed E-state index contributed by atoms with van der Waals surface area (Å²) in [6.45, 7) is 0. The molecule has 10 nitrogen and oxygen atoms in total. The number of hydrazine groups is 2. The second kappa shape index (κ2) is 14.3. The third-order valence-corrected chi connectivity index (χ3v) is 7.75. The Labute approximate surface area is 230 Å². The van der Waals surface area contributed by atoms with Gasteiger partial charge in [-0.3, -0.25) is 21.7 Å². The molecule has 0 radical (unpaired) electrons. The Morgan fingerprint density at radius 3 is 1.59 bits per heavy atom. The number of hydrogen-bond donors (Lipinski definition) is 6. The molecular weight excluding hydrogens is 496 g/mol. The van der Waals surface area contributed by atoms with E-state index in [4.69, 9.17) is 0 Å². The lowest BCUT2D eigenvalue weighted by atomic mass is 9.76. The van der Waals surface area contributed by atoms with Crippen LogP contribution in [-0.2, 0) is 4.74 Å². The van der Waals surface area contributed by atoms with Crippen LogP contribution in [0.2, 0.25) is 0 Å². The van der Waals surface area contributed by atoms with Crippen molar-refractivity contribution in [2.24, 2.45) is 11.8 Å². The highest BCUT2D eigenvalue weighted by atomic mass is 16.5. The fourth-order valence-corrected chi connectivity index (χ4v) is 5.59. The van der Waals surface area contributed by atoms with E-state index in [0.717, 1.165) is 57.1 Å². The summed E-state index contributed by atoms with van der Waals surface area (Å²) in [6.07, 6.45) is 9.76. The van der Waals surface area contributed by atoms with Crippen molar-refractivity contribution >= 4 is 29.4 Å². The Kier molecular flexibility index (Phi) is 10.3. The first-order valence-corrected chi connectivity index (χ1v) is 13.9. The Morgan fingerprint density at radius 2 is 1.13 bits per heavy atom. The van der Waals surface area contributed by atoms with E-state index in [1.54, 1.807) is 24.3 Å². The zero-order chi connectivity index (χ0) is 27.5. The van der Waals surface area contributed by atoms with E-state index in [9.17, 15) is 14.4 Å². The lowest BCUT2D eigenvalue weighted by Crippen LogP contribution is -2.46. The zero-order valence-electron chi connectivity index (χ0n) is 22.5. The van der Waals surface area contributed by atoms with Crippen molar-refractivity contribution in [2.75, 3.05) is 18.0 Å². The summed E-state index contributed by atoms with van der Waals surface area (Å²) in [5.41, 5.74) is 13.1. The number of hydrogen-bond acceptors (Lipinski definition) is 6. The smallest absolute Gasteiger partial charge is 0.337 e. The van der Waals surface area contributed by atoms with Gasteiger partial charge in [0, 0.05) is 12.1 Å². The van der Waals surface area contributed by atoms with Crippen molar-refractivity contribution in [3.63, 3.8) is 0 Å². The lowest BCUT2D eigenvalue weighted by molar-refractivity contribution is 0.0600. The van der Waals surface area contributed by atoms with Gasteiger partial charge in [0.25, 0.3) is 0 Å². The number of methoxy groups -OCH3 is 1. The Hall–Kier alpha value is -3.95. The van der Waals surface area contributed by atoms with Crippen molar-refractivity contribution in [1.82, 2.24) is 21.5 Å². The molecule has 2 aliphatic carbocycles. The number of urea groups is 2. The number of para-hydroxylation sites is 1. The predicted molar refractivity (Wildman–Crippen MR) is 151 cm³/mol. The lowest BCUT2D eigenvalue weighted by Gasteiger charge is -2.34. The summed E-state index contributed by atoms with van der Waals surface area (Å²) in [4.78, 5) is 36.1. The number of anilines is 2. The van der Waals surface area contributed by atoms with Gasteiger partial charge in [0.05, 0.1) is 24.0 Å². The van der Waals surface area contributed by atoms with Crippen LogP contribution in [0, 0.1) is 11.8 Å². The van der Waals surface area contributed by atoms with Crippen molar-refractivity contribution in [2.45, 2.75) is 69.9 Å². The van der Waals surface area contributed by atoms with Crippen LogP contribution in [0.1, 0.15) is 68.1 Å². The van der Waals surface area contributed by atoms with Crippen LogP contribution in [0.3, 0.4) is 0 Å². The van der Waals surface area contributed by atoms with Crippen LogP contribution in [-0.4, -0.2) is 37.2 Å². The molecule has 0 atom stereocenters. The van der Waals surface area contributed by atoms with Crippen molar-refractivity contribution in [1.29, 1.82) is 0 Å². The number of rotatable bonds is 9. The summed E-state index contributed by atoms with van der Waals surface area (Å²) in [5.74, 6) is 1.01. The van der Waals surface area contributed by atoms with Gasteiger partial charge in [0.1, 0.15) is 0 Å². The molecule has 4 amide bonds. The van der Waals surface area contributed by atoms with E-state index < -0.39 is 5.97 Å². The highest BCUT2D eigenvalue weighted by molar-refractivity contribution is 5.89. The van der Waals surface area contributed by atoms with Crippen molar-refractivity contribution < 1.29 is 19.1 Å². The van der Waals surface area contributed by atoms with Gasteiger partial charge in [-0.25, -0.2) is 14.4 Å². The van der Waals surface area contributed by atoms with E-state index in [1.165, 1.54) is 13.5 Å². The largest absolute Gasteiger partial charge is 0.465 e. The molecule has 2 aromatic carbocycles. The monoisotopic (exact) mass is 536 g/mol. The number of amides is 4. The molecule has 0 spiro atoms. The third kappa shape index (κ3) is 9.08. The molecule has 39 heavy (non-hydrogen) atoms. The van der Waals surface area contributed by atoms with Gasteiger partial charge in [-0.2, -0.15) is 0 Å². The van der Waals surface area contributed by atoms with Gasteiger partial charge >= 0.3 is 18.0 Å². The average Bonchev–Trinajstić information content (AvgIpc) is 2.97. The first-order chi connectivity index (χ1) is 19.0. The van der Waals surface area contributed by atoms with Crippen LogP contribution < -0.4 is 32.3 Å². The minimum atomic E-state index is -0.399. The molecule has 4 rings (SSSR count). The fourth-order valence-electron chi connectivity index (χ4n) is 5.59. The molecule has 0 unspecified atom stereocenters. The minimum absolute atomic E-state index is 0.174. The second-order valence-electron chi connectivity index (χ2n) is 10.6. The van der Waals surface area contributed by atoms with Gasteiger partial charge in [-0.1, -0.05) is 18.2 Å². The predicted octanol–water partition coefficient (Wildman–Crippen LogP) is 4.93. The van der Waals surface area contributed by atoms with Crippen LogP contribution >= 0.6 is 0 Å². The summed E-state index contributed by atoms with van der Waals surface area (Å²) in [5, 5.41) is 6.14.